The van der Waals surface area contributed by atoms with Gasteiger partial charge in [0.15, 0.2) is 0 Å². The molecule has 2 rings (SSSR count). The Morgan fingerprint density at radius 2 is 2.35 bits per heavy atom. The maximum Gasteiger partial charge on any atom is 0.313 e. The topological polar surface area (TPSA) is 83.0 Å². The molecular formula is C14H24N4O2. The first-order valence-electron chi connectivity index (χ1n) is 7.30. The molecule has 1 unspecified atom stereocenters. The van der Waals surface area contributed by atoms with Crippen molar-refractivity contribution in [1.29, 1.82) is 0 Å². The number of esters is 1. The summed E-state index contributed by atoms with van der Waals surface area (Å²) in [5, 5.41) is 4.22. The summed E-state index contributed by atoms with van der Waals surface area (Å²) in [6.07, 6.45) is 6.18. The van der Waals surface area contributed by atoms with Crippen LogP contribution in [-0.2, 0) is 22.5 Å². The molecule has 1 aromatic heterocycles. The number of nitrogens with two attached hydrogens (primary N) is 1. The van der Waals surface area contributed by atoms with Crippen LogP contribution in [0.3, 0.4) is 0 Å². The predicted octanol–water partition coefficient (Wildman–Crippen LogP) is 1.15. The molecule has 6 nitrogen and oxygen atoms in total. The van der Waals surface area contributed by atoms with E-state index in [9.17, 15) is 4.79 Å². The lowest BCUT2D eigenvalue weighted by molar-refractivity contribution is -0.153. The SMILES string of the molecule is CCCn1ncnc1CC(CN)(CC1CC1)C(=O)OC. The van der Waals surface area contributed by atoms with Crippen LogP contribution in [0, 0.1) is 11.3 Å². The number of rotatable bonds is 8. The summed E-state index contributed by atoms with van der Waals surface area (Å²) in [4.78, 5) is 16.6. The van der Waals surface area contributed by atoms with Crippen molar-refractivity contribution in [1.82, 2.24) is 14.8 Å². The van der Waals surface area contributed by atoms with Gasteiger partial charge in [0, 0.05) is 19.5 Å². The smallest absolute Gasteiger partial charge is 0.313 e. The first kappa shape index (κ1) is 15.0. The van der Waals surface area contributed by atoms with Gasteiger partial charge < -0.3 is 10.5 Å². The summed E-state index contributed by atoms with van der Waals surface area (Å²) in [5.41, 5.74) is 5.28. The van der Waals surface area contributed by atoms with Gasteiger partial charge in [-0.25, -0.2) is 4.98 Å². The monoisotopic (exact) mass is 280 g/mol. The summed E-state index contributed by atoms with van der Waals surface area (Å²) in [7, 11) is 1.43. The summed E-state index contributed by atoms with van der Waals surface area (Å²) >= 11 is 0. The lowest BCUT2D eigenvalue weighted by Gasteiger charge is -2.29. The fourth-order valence-corrected chi connectivity index (χ4v) is 2.68. The van der Waals surface area contributed by atoms with E-state index in [0.29, 0.717) is 12.3 Å². The van der Waals surface area contributed by atoms with E-state index in [4.69, 9.17) is 10.5 Å². The van der Waals surface area contributed by atoms with Crippen LogP contribution in [0.15, 0.2) is 6.33 Å². The van der Waals surface area contributed by atoms with Gasteiger partial charge in [0.05, 0.1) is 12.5 Å². The Bertz CT molecular complexity index is 456. The first-order chi connectivity index (χ1) is 9.65. The average Bonchev–Trinajstić information content (AvgIpc) is 3.17. The highest BCUT2D eigenvalue weighted by molar-refractivity contribution is 5.77. The molecule has 1 aliphatic rings. The molecule has 1 aliphatic carbocycles. The molecule has 112 valence electrons. The van der Waals surface area contributed by atoms with Crippen LogP contribution in [0.5, 0.6) is 0 Å². The van der Waals surface area contributed by atoms with Crippen molar-refractivity contribution in [3.8, 4) is 0 Å². The van der Waals surface area contributed by atoms with Crippen molar-refractivity contribution in [3.63, 3.8) is 0 Å². The van der Waals surface area contributed by atoms with Crippen LogP contribution >= 0.6 is 0 Å². The fourth-order valence-electron chi connectivity index (χ4n) is 2.68. The third-order valence-corrected chi connectivity index (χ3v) is 4.01. The second kappa shape index (κ2) is 6.35. The molecule has 1 aromatic rings. The highest BCUT2D eigenvalue weighted by Crippen LogP contribution is 2.42. The Labute approximate surface area is 119 Å². The maximum atomic E-state index is 12.3. The molecule has 0 radical (unpaired) electrons. The van der Waals surface area contributed by atoms with Crippen molar-refractivity contribution in [2.24, 2.45) is 17.1 Å². The molecule has 1 saturated carbocycles. The molecule has 0 aromatic carbocycles. The molecule has 0 amide bonds. The number of ether oxygens (including phenoxy) is 1. The second-order valence-corrected chi connectivity index (χ2v) is 5.70. The number of methoxy groups -OCH3 is 1. The number of aryl methyl sites for hydroxylation is 1. The number of hydrogen-bond donors (Lipinski definition) is 1. The molecule has 2 N–H and O–H groups in total. The minimum Gasteiger partial charge on any atom is -0.469 e. The summed E-state index contributed by atoms with van der Waals surface area (Å²) in [6.45, 7) is 3.18. The molecule has 1 fully saturated rings. The second-order valence-electron chi connectivity index (χ2n) is 5.70. The molecule has 0 saturated heterocycles. The first-order valence-corrected chi connectivity index (χ1v) is 7.30. The lowest BCUT2D eigenvalue weighted by Crippen LogP contribution is -2.42. The van der Waals surface area contributed by atoms with Crippen LogP contribution in [0.25, 0.3) is 0 Å². The fraction of sp³-hybridized carbons (Fsp3) is 0.786. The molecule has 1 atom stereocenters. The summed E-state index contributed by atoms with van der Waals surface area (Å²) in [5.74, 6) is 1.20. The van der Waals surface area contributed by atoms with Crippen molar-refractivity contribution in [3.05, 3.63) is 12.2 Å². The average molecular weight is 280 g/mol. The van der Waals surface area contributed by atoms with Crippen molar-refractivity contribution >= 4 is 5.97 Å². The van der Waals surface area contributed by atoms with Gasteiger partial charge in [0.1, 0.15) is 12.2 Å². The Morgan fingerprint density at radius 3 is 2.90 bits per heavy atom. The standard InChI is InChI=1S/C14H24N4O2/c1-3-6-18-12(16-10-17-18)8-14(9-15,13(19)20-2)7-11-4-5-11/h10-11H,3-9,15H2,1-2H3. The molecule has 1 heterocycles. The van der Waals surface area contributed by atoms with E-state index in [-0.39, 0.29) is 12.5 Å². The number of nitrogens with zero attached hydrogens (tertiary/aromatic N) is 3. The highest BCUT2D eigenvalue weighted by atomic mass is 16.5. The predicted molar refractivity (Wildman–Crippen MR) is 74.9 cm³/mol. The maximum absolute atomic E-state index is 12.3. The van der Waals surface area contributed by atoms with Gasteiger partial charge in [-0.1, -0.05) is 19.8 Å². The summed E-state index contributed by atoms with van der Waals surface area (Å²) in [6, 6.07) is 0. The van der Waals surface area contributed by atoms with E-state index < -0.39 is 5.41 Å². The molecule has 0 bridgehead atoms. The molecule has 0 aliphatic heterocycles. The zero-order valence-corrected chi connectivity index (χ0v) is 12.3. The van der Waals surface area contributed by atoms with Crippen LogP contribution < -0.4 is 5.73 Å². The van der Waals surface area contributed by atoms with E-state index in [2.05, 4.69) is 17.0 Å². The van der Waals surface area contributed by atoms with E-state index in [1.807, 2.05) is 4.68 Å². The Balaban J connectivity index is 2.21. The van der Waals surface area contributed by atoms with Gasteiger partial charge in [0.2, 0.25) is 0 Å². The molecule has 20 heavy (non-hydrogen) atoms. The normalized spacial score (nSPS) is 17.8. The Morgan fingerprint density at radius 1 is 1.60 bits per heavy atom. The zero-order valence-electron chi connectivity index (χ0n) is 12.3. The number of carbonyl (C=O) groups excluding carboxylic acids is 1. The van der Waals surface area contributed by atoms with Gasteiger partial charge in [0.25, 0.3) is 0 Å². The summed E-state index contributed by atoms with van der Waals surface area (Å²) < 4.78 is 6.87. The Hall–Kier alpha value is -1.43. The van der Waals surface area contributed by atoms with E-state index in [1.165, 1.54) is 20.0 Å². The molecule has 0 spiro atoms. The quantitative estimate of drug-likeness (QED) is 0.722. The van der Waals surface area contributed by atoms with Gasteiger partial charge >= 0.3 is 5.97 Å². The number of aromatic nitrogens is 3. The van der Waals surface area contributed by atoms with Crippen LogP contribution in [0.4, 0.5) is 0 Å². The molecular weight excluding hydrogens is 256 g/mol. The number of hydrogen-bond acceptors (Lipinski definition) is 5. The van der Waals surface area contributed by atoms with Crippen LogP contribution in [0.2, 0.25) is 0 Å². The van der Waals surface area contributed by atoms with Gasteiger partial charge in [-0.3, -0.25) is 9.48 Å². The largest absolute Gasteiger partial charge is 0.469 e. The van der Waals surface area contributed by atoms with Gasteiger partial charge in [-0.05, 0) is 18.8 Å². The minimum absolute atomic E-state index is 0.224. The minimum atomic E-state index is -0.658. The third-order valence-electron chi connectivity index (χ3n) is 4.01. The Kier molecular flexibility index (Phi) is 4.75. The van der Waals surface area contributed by atoms with Crippen LogP contribution in [0.1, 0.15) is 38.4 Å². The zero-order chi connectivity index (χ0) is 14.6. The van der Waals surface area contributed by atoms with Gasteiger partial charge in [-0.15, -0.1) is 0 Å². The van der Waals surface area contributed by atoms with Crippen molar-refractivity contribution < 1.29 is 9.53 Å². The number of carbonyl (C=O) groups is 1. The van der Waals surface area contributed by atoms with E-state index in [1.54, 1.807) is 6.33 Å². The van der Waals surface area contributed by atoms with Crippen molar-refractivity contribution in [2.45, 2.75) is 45.6 Å². The third kappa shape index (κ3) is 3.17. The van der Waals surface area contributed by atoms with Crippen molar-refractivity contribution in [2.75, 3.05) is 13.7 Å². The van der Waals surface area contributed by atoms with Crippen LogP contribution in [-0.4, -0.2) is 34.4 Å². The van der Waals surface area contributed by atoms with E-state index >= 15 is 0 Å². The lowest BCUT2D eigenvalue weighted by atomic mass is 9.79. The highest BCUT2D eigenvalue weighted by Gasteiger charge is 2.44. The van der Waals surface area contributed by atoms with Gasteiger partial charge in [-0.2, -0.15) is 5.10 Å². The molecule has 6 heteroatoms. The van der Waals surface area contributed by atoms with E-state index in [0.717, 1.165) is 25.2 Å².